The molecule has 0 aliphatic rings. The van der Waals surface area contributed by atoms with E-state index in [1.807, 2.05) is 67.6 Å². The molecule has 3 rings (SSSR count). The maximum Gasteiger partial charge on any atom is 0.261 e. The molecule has 146 valence electrons. The minimum atomic E-state index is -0.498. The summed E-state index contributed by atoms with van der Waals surface area (Å²) in [4.78, 5) is 12.6. The van der Waals surface area contributed by atoms with Crippen molar-refractivity contribution < 1.29 is 14.3 Å². The Balaban J connectivity index is 1.53. The number of fused-ring (bicyclic) bond motifs is 1. The molecule has 1 atom stereocenters. The van der Waals surface area contributed by atoms with Crippen LogP contribution in [-0.4, -0.2) is 25.7 Å². The number of ether oxygens (including phenoxy) is 2. The second-order valence-electron chi connectivity index (χ2n) is 6.74. The zero-order valence-corrected chi connectivity index (χ0v) is 16.5. The molecular formula is C24H27NO3. The summed E-state index contributed by atoms with van der Waals surface area (Å²) in [6.45, 7) is 2.58. The van der Waals surface area contributed by atoms with E-state index in [0.717, 1.165) is 35.1 Å². The fraction of sp³-hybridized carbons (Fsp3) is 0.292. The highest BCUT2D eigenvalue weighted by Crippen LogP contribution is 2.26. The van der Waals surface area contributed by atoms with Gasteiger partial charge in [0.15, 0.2) is 6.10 Å². The van der Waals surface area contributed by atoms with Crippen LogP contribution in [0.25, 0.3) is 10.8 Å². The van der Waals surface area contributed by atoms with Crippen LogP contribution in [0.1, 0.15) is 25.3 Å². The topological polar surface area (TPSA) is 47.6 Å². The highest BCUT2D eigenvalue weighted by atomic mass is 16.5. The summed E-state index contributed by atoms with van der Waals surface area (Å²) in [5.74, 6) is 1.54. The molecule has 0 radical (unpaired) electrons. The molecule has 3 aromatic rings. The highest BCUT2D eigenvalue weighted by molar-refractivity contribution is 5.89. The molecule has 1 N–H and O–H groups in total. The lowest BCUT2D eigenvalue weighted by Crippen LogP contribution is -2.38. The standard InChI is InChI=1S/C24H27NO3/c1-3-22(28-23-15-7-12-19-11-4-5-14-21(19)23)24(26)25-16-8-10-18-9-6-13-20(17-18)27-2/h4-7,9,11-15,17,22H,3,8,10,16H2,1-2H3,(H,25,26)/t22-/m1/s1. The Morgan fingerprint density at radius 2 is 1.82 bits per heavy atom. The van der Waals surface area contributed by atoms with Crippen molar-refractivity contribution >= 4 is 16.7 Å². The van der Waals surface area contributed by atoms with E-state index in [1.54, 1.807) is 7.11 Å². The molecule has 28 heavy (non-hydrogen) atoms. The van der Waals surface area contributed by atoms with Crippen LogP contribution in [0.2, 0.25) is 0 Å². The third-order valence-corrected chi connectivity index (χ3v) is 4.76. The normalized spacial score (nSPS) is 11.8. The Labute approximate surface area is 166 Å². The first-order valence-corrected chi connectivity index (χ1v) is 9.76. The van der Waals surface area contributed by atoms with Crippen LogP contribution in [0.5, 0.6) is 11.5 Å². The number of nitrogens with one attached hydrogen (secondary N) is 1. The number of benzene rings is 3. The van der Waals surface area contributed by atoms with Crippen LogP contribution >= 0.6 is 0 Å². The Morgan fingerprint density at radius 1 is 1.04 bits per heavy atom. The predicted molar refractivity (Wildman–Crippen MR) is 113 cm³/mol. The number of hydrogen-bond donors (Lipinski definition) is 1. The van der Waals surface area contributed by atoms with Crippen LogP contribution < -0.4 is 14.8 Å². The van der Waals surface area contributed by atoms with Crippen LogP contribution in [0.4, 0.5) is 0 Å². The molecule has 3 aromatic carbocycles. The van der Waals surface area contributed by atoms with Crippen molar-refractivity contribution in [2.24, 2.45) is 0 Å². The fourth-order valence-electron chi connectivity index (χ4n) is 3.22. The van der Waals surface area contributed by atoms with Crippen LogP contribution in [0.15, 0.2) is 66.7 Å². The molecule has 0 heterocycles. The van der Waals surface area contributed by atoms with E-state index in [0.29, 0.717) is 13.0 Å². The first kappa shape index (κ1) is 19.7. The minimum Gasteiger partial charge on any atom is -0.497 e. The van der Waals surface area contributed by atoms with Gasteiger partial charge in [0.2, 0.25) is 0 Å². The summed E-state index contributed by atoms with van der Waals surface area (Å²) in [7, 11) is 1.67. The van der Waals surface area contributed by atoms with Crippen LogP contribution in [-0.2, 0) is 11.2 Å². The van der Waals surface area contributed by atoms with Crippen LogP contribution in [0, 0.1) is 0 Å². The quantitative estimate of drug-likeness (QED) is 0.547. The Morgan fingerprint density at radius 3 is 2.64 bits per heavy atom. The largest absolute Gasteiger partial charge is 0.497 e. The molecule has 0 aromatic heterocycles. The maximum absolute atomic E-state index is 12.6. The Hall–Kier alpha value is -3.01. The Kier molecular flexibility index (Phi) is 6.90. The van der Waals surface area contributed by atoms with Gasteiger partial charge in [-0.3, -0.25) is 4.79 Å². The van der Waals surface area contributed by atoms with Crippen molar-refractivity contribution in [3.05, 3.63) is 72.3 Å². The summed E-state index contributed by atoms with van der Waals surface area (Å²) in [6, 6.07) is 22.0. The molecule has 4 heteroatoms. The molecule has 0 saturated carbocycles. The number of amides is 1. The van der Waals surface area contributed by atoms with Gasteiger partial charge in [0.1, 0.15) is 11.5 Å². The van der Waals surface area contributed by atoms with Gasteiger partial charge < -0.3 is 14.8 Å². The summed E-state index contributed by atoms with van der Waals surface area (Å²) in [5, 5.41) is 5.13. The highest BCUT2D eigenvalue weighted by Gasteiger charge is 2.18. The van der Waals surface area contributed by atoms with E-state index < -0.39 is 6.10 Å². The second kappa shape index (κ2) is 9.79. The molecule has 4 nitrogen and oxygen atoms in total. The molecule has 1 amide bonds. The summed E-state index contributed by atoms with van der Waals surface area (Å²) >= 11 is 0. The van der Waals surface area contributed by atoms with Gasteiger partial charge in [0, 0.05) is 11.9 Å². The second-order valence-corrected chi connectivity index (χ2v) is 6.74. The zero-order valence-electron chi connectivity index (χ0n) is 16.5. The lowest BCUT2D eigenvalue weighted by atomic mass is 10.1. The number of methoxy groups -OCH3 is 1. The predicted octanol–water partition coefficient (Wildman–Crippen LogP) is 4.75. The molecule has 0 aliphatic heterocycles. The summed E-state index contributed by atoms with van der Waals surface area (Å²) in [5.41, 5.74) is 1.20. The van der Waals surface area contributed by atoms with Gasteiger partial charge in [-0.15, -0.1) is 0 Å². The van der Waals surface area contributed by atoms with E-state index in [9.17, 15) is 4.79 Å². The number of hydrogen-bond acceptors (Lipinski definition) is 3. The number of carbonyl (C=O) groups is 1. The first-order valence-electron chi connectivity index (χ1n) is 9.76. The lowest BCUT2D eigenvalue weighted by Gasteiger charge is -2.18. The zero-order chi connectivity index (χ0) is 19.8. The third kappa shape index (κ3) is 5.03. The monoisotopic (exact) mass is 377 g/mol. The van der Waals surface area contributed by atoms with Crippen molar-refractivity contribution in [2.75, 3.05) is 13.7 Å². The van der Waals surface area contributed by atoms with Gasteiger partial charge in [-0.05, 0) is 48.4 Å². The number of carbonyl (C=O) groups excluding carboxylic acids is 1. The van der Waals surface area contributed by atoms with Gasteiger partial charge in [-0.1, -0.05) is 55.5 Å². The molecule has 0 unspecified atom stereocenters. The van der Waals surface area contributed by atoms with Crippen molar-refractivity contribution in [1.29, 1.82) is 0 Å². The van der Waals surface area contributed by atoms with E-state index in [4.69, 9.17) is 9.47 Å². The van der Waals surface area contributed by atoms with E-state index in [-0.39, 0.29) is 5.91 Å². The average molecular weight is 377 g/mol. The smallest absolute Gasteiger partial charge is 0.261 e. The van der Waals surface area contributed by atoms with E-state index >= 15 is 0 Å². The molecular weight excluding hydrogens is 350 g/mol. The Bertz CT molecular complexity index is 917. The molecule has 0 fully saturated rings. The van der Waals surface area contributed by atoms with E-state index in [2.05, 4.69) is 11.4 Å². The summed E-state index contributed by atoms with van der Waals surface area (Å²) in [6.07, 6.45) is 1.87. The molecule has 0 aliphatic carbocycles. The number of rotatable bonds is 9. The van der Waals surface area contributed by atoms with Gasteiger partial charge in [-0.25, -0.2) is 0 Å². The SMILES string of the molecule is CC[C@@H](Oc1cccc2ccccc12)C(=O)NCCCc1cccc(OC)c1. The number of aryl methyl sites for hydroxylation is 1. The molecule has 0 spiro atoms. The van der Waals surface area contributed by atoms with Crippen LogP contribution in [0.3, 0.4) is 0 Å². The average Bonchev–Trinajstić information content (AvgIpc) is 2.75. The first-order chi connectivity index (χ1) is 13.7. The van der Waals surface area contributed by atoms with Gasteiger partial charge in [0.25, 0.3) is 5.91 Å². The van der Waals surface area contributed by atoms with Crippen molar-refractivity contribution in [1.82, 2.24) is 5.32 Å². The van der Waals surface area contributed by atoms with Crippen molar-refractivity contribution in [2.45, 2.75) is 32.3 Å². The van der Waals surface area contributed by atoms with Gasteiger partial charge >= 0.3 is 0 Å². The van der Waals surface area contributed by atoms with Crippen molar-refractivity contribution in [3.63, 3.8) is 0 Å². The molecule has 0 bridgehead atoms. The lowest BCUT2D eigenvalue weighted by molar-refractivity contribution is -0.128. The summed E-state index contributed by atoms with van der Waals surface area (Å²) < 4.78 is 11.3. The van der Waals surface area contributed by atoms with Crippen molar-refractivity contribution in [3.8, 4) is 11.5 Å². The third-order valence-electron chi connectivity index (χ3n) is 4.76. The van der Waals surface area contributed by atoms with E-state index in [1.165, 1.54) is 5.56 Å². The minimum absolute atomic E-state index is 0.0684. The van der Waals surface area contributed by atoms with Gasteiger partial charge in [-0.2, -0.15) is 0 Å². The fourth-order valence-corrected chi connectivity index (χ4v) is 3.22. The van der Waals surface area contributed by atoms with Gasteiger partial charge in [0.05, 0.1) is 7.11 Å². The maximum atomic E-state index is 12.6. The molecule has 0 saturated heterocycles.